The van der Waals surface area contributed by atoms with Gasteiger partial charge in [-0.15, -0.1) is 0 Å². The number of nitrogens with one attached hydrogen (secondary N) is 2. The van der Waals surface area contributed by atoms with E-state index in [1.165, 1.54) is 0 Å². The van der Waals surface area contributed by atoms with Gasteiger partial charge in [-0.1, -0.05) is 42.5 Å². The molecule has 6 heteroatoms. The van der Waals surface area contributed by atoms with E-state index in [1.54, 1.807) is 13.3 Å². The fraction of sp³-hybridized carbons (Fsp3) is 0.304. The number of imidazole rings is 1. The summed E-state index contributed by atoms with van der Waals surface area (Å²) in [6.45, 7) is 0. The van der Waals surface area contributed by atoms with Gasteiger partial charge >= 0.3 is 6.03 Å². The van der Waals surface area contributed by atoms with Crippen LogP contribution < -0.4 is 15.4 Å². The van der Waals surface area contributed by atoms with E-state index in [1.807, 2.05) is 60.3 Å². The lowest BCUT2D eigenvalue weighted by molar-refractivity contribution is 0.232. The van der Waals surface area contributed by atoms with Crippen LogP contribution in [-0.2, 0) is 7.05 Å². The highest BCUT2D eigenvalue weighted by Crippen LogP contribution is 2.41. The zero-order chi connectivity index (χ0) is 20.2. The van der Waals surface area contributed by atoms with E-state index in [0.29, 0.717) is 5.92 Å². The lowest BCUT2D eigenvalue weighted by Gasteiger charge is -2.23. The highest BCUT2D eigenvalue weighted by Gasteiger charge is 2.34. The second kappa shape index (κ2) is 8.39. The lowest BCUT2D eigenvalue weighted by atomic mass is 10.0. The Morgan fingerprint density at radius 2 is 1.86 bits per heavy atom. The van der Waals surface area contributed by atoms with Gasteiger partial charge in [0, 0.05) is 19.4 Å². The molecule has 0 spiro atoms. The first-order valence-corrected chi connectivity index (χ1v) is 9.89. The lowest BCUT2D eigenvalue weighted by Crippen LogP contribution is -2.41. The number of benzene rings is 2. The number of hydrogen-bond donors (Lipinski definition) is 2. The number of nitrogens with zero attached hydrogens (tertiary/aromatic N) is 2. The second-order valence-corrected chi connectivity index (χ2v) is 7.45. The van der Waals surface area contributed by atoms with Crippen molar-refractivity contribution in [1.82, 2.24) is 20.2 Å². The van der Waals surface area contributed by atoms with Crippen molar-refractivity contribution in [1.29, 1.82) is 0 Å². The molecule has 0 saturated heterocycles. The molecule has 2 N–H and O–H groups in total. The van der Waals surface area contributed by atoms with E-state index in [0.717, 1.165) is 35.5 Å². The number of methoxy groups -OCH3 is 1. The van der Waals surface area contributed by atoms with Crippen molar-refractivity contribution in [3.63, 3.8) is 0 Å². The number of urea groups is 1. The van der Waals surface area contributed by atoms with Gasteiger partial charge in [-0.3, -0.25) is 0 Å². The molecule has 1 aliphatic carbocycles. The number of carbonyl (C=O) groups excluding carboxylic acids is 1. The molecule has 1 saturated carbocycles. The van der Waals surface area contributed by atoms with Gasteiger partial charge in [-0.25, -0.2) is 9.78 Å². The molecule has 150 valence electrons. The Morgan fingerprint density at radius 3 is 2.52 bits per heavy atom. The summed E-state index contributed by atoms with van der Waals surface area (Å²) >= 11 is 0. The fourth-order valence-corrected chi connectivity index (χ4v) is 3.65. The summed E-state index contributed by atoms with van der Waals surface area (Å²) in [7, 11) is 3.56. The third-order valence-corrected chi connectivity index (χ3v) is 5.36. The standard InChI is InChI=1S/C23H26N4O2/c1-27-14-13-24-22(27)21(18-9-6-10-19(15-18)29-2)26-23(28)25-20(17-11-12-17)16-7-4-3-5-8-16/h3-10,13-15,17,20-21H,11-12H2,1-2H3,(H2,25,26,28). The number of hydrogen-bond acceptors (Lipinski definition) is 3. The number of carbonyl (C=O) groups is 1. The van der Waals surface area contributed by atoms with Crippen molar-refractivity contribution in [2.24, 2.45) is 13.0 Å². The van der Waals surface area contributed by atoms with Crippen molar-refractivity contribution >= 4 is 6.03 Å². The Bertz CT molecular complexity index is 966. The molecule has 1 heterocycles. The van der Waals surface area contributed by atoms with Crippen LogP contribution in [0.25, 0.3) is 0 Å². The van der Waals surface area contributed by atoms with Gasteiger partial charge < -0.3 is 19.9 Å². The van der Waals surface area contributed by atoms with Gasteiger partial charge in [0.05, 0.1) is 13.2 Å². The molecule has 1 fully saturated rings. The molecular formula is C23H26N4O2. The van der Waals surface area contributed by atoms with Gasteiger partial charge in [-0.2, -0.15) is 0 Å². The zero-order valence-electron chi connectivity index (χ0n) is 16.7. The number of ether oxygens (including phenoxy) is 1. The van der Waals surface area contributed by atoms with Crippen LogP contribution in [0.15, 0.2) is 67.0 Å². The van der Waals surface area contributed by atoms with Gasteiger partial charge in [-0.05, 0) is 42.0 Å². The Balaban J connectivity index is 1.57. The van der Waals surface area contributed by atoms with Crippen molar-refractivity contribution < 1.29 is 9.53 Å². The highest BCUT2D eigenvalue weighted by molar-refractivity contribution is 5.75. The Labute approximate surface area is 170 Å². The molecule has 0 aliphatic heterocycles. The smallest absolute Gasteiger partial charge is 0.316 e. The summed E-state index contributed by atoms with van der Waals surface area (Å²) in [5.74, 6) is 1.99. The molecule has 0 bridgehead atoms. The van der Waals surface area contributed by atoms with Gasteiger partial charge in [0.25, 0.3) is 0 Å². The molecule has 1 aromatic heterocycles. The van der Waals surface area contributed by atoms with Crippen LogP contribution in [0, 0.1) is 5.92 Å². The molecule has 29 heavy (non-hydrogen) atoms. The molecular weight excluding hydrogens is 364 g/mol. The van der Waals surface area contributed by atoms with E-state index in [-0.39, 0.29) is 18.1 Å². The topological polar surface area (TPSA) is 68.2 Å². The third-order valence-electron chi connectivity index (χ3n) is 5.36. The first-order valence-electron chi connectivity index (χ1n) is 9.89. The molecule has 0 radical (unpaired) electrons. The van der Waals surface area contributed by atoms with E-state index in [4.69, 9.17) is 4.74 Å². The molecule has 2 atom stereocenters. The number of aromatic nitrogens is 2. The third kappa shape index (κ3) is 4.42. The molecule has 2 unspecified atom stereocenters. The van der Waals surface area contributed by atoms with Gasteiger partial charge in [0.2, 0.25) is 0 Å². The maximum absolute atomic E-state index is 13.0. The van der Waals surface area contributed by atoms with Crippen LogP contribution >= 0.6 is 0 Å². The number of amides is 2. The zero-order valence-corrected chi connectivity index (χ0v) is 16.7. The number of rotatable bonds is 7. The predicted molar refractivity (Wildman–Crippen MR) is 112 cm³/mol. The maximum Gasteiger partial charge on any atom is 0.316 e. The monoisotopic (exact) mass is 390 g/mol. The second-order valence-electron chi connectivity index (χ2n) is 7.45. The fourth-order valence-electron chi connectivity index (χ4n) is 3.65. The molecule has 6 nitrogen and oxygen atoms in total. The Morgan fingerprint density at radius 1 is 1.10 bits per heavy atom. The van der Waals surface area contributed by atoms with E-state index >= 15 is 0 Å². The van der Waals surface area contributed by atoms with E-state index in [9.17, 15) is 4.79 Å². The summed E-state index contributed by atoms with van der Waals surface area (Å²) in [5, 5.41) is 6.31. The van der Waals surface area contributed by atoms with Crippen molar-refractivity contribution in [2.45, 2.75) is 24.9 Å². The SMILES string of the molecule is COc1cccc(C(NC(=O)NC(c2ccccc2)C2CC2)c2nccn2C)c1. The summed E-state index contributed by atoms with van der Waals surface area (Å²) in [6, 6.07) is 17.3. The van der Waals surface area contributed by atoms with Crippen LogP contribution in [0.4, 0.5) is 4.79 Å². The Kier molecular flexibility index (Phi) is 5.51. The van der Waals surface area contributed by atoms with E-state index < -0.39 is 0 Å². The van der Waals surface area contributed by atoms with Crippen LogP contribution in [0.1, 0.15) is 41.9 Å². The average molecular weight is 390 g/mol. The summed E-state index contributed by atoms with van der Waals surface area (Å²) in [6.07, 6.45) is 5.88. The molecule has 2 amide bonds. The molecule has 2 aromatic carbocycles. The minimum absolute atomic E-state index is 0.0172. The van der Waals surface area contributed by atoms with Gasteiger partial charge in [0.1, 0.15) is 17.6 Å². The van der Waals surface area contributed by atoms with E-state index in [2.05, 4.69) is 27.8 Å². The normalized spacial score (nSPS) is 15.4. The first kappa shape index (κ1) is 19.1. The van der Waals surface area contributed by atoms with Gasteiger partial charge in [0.15, 0.2) is 0 Å². The number of aryl methyl sites for hydroxylation is 1. The van der Waals surface area contributed by atoms with Crippen molar-refractivity contribution in [3.8, 4) is 5.75 Å². The summed E-state index contributed by atoms with van der Waals surface area (Å²) in [4.78, 5) is 17.5. The molecule has 1 aliphatic rings. The van der Waals surface area contributed by atoms with Crippen LogP contribution in [-0.4, -0.2) is 22.7 Å². The maximum atomic E-state index is 13.0. The Hall–Kier alpha value is -3.28. The van der Waals surface area contributed by atoms with Crippen LogP contribution in [0.3, 0.4) is 0 Å². The van der Waals surface area contributed by atoms with Crippen molar-refractivity contribution in [3.05, 3.63) is 83.9 Å². The summed E-state index contributed by atoms with van der Waals surface area (Å²) < 4.78 is 7.28. The molecule has 4 rings (SSSR count). The largest absolute Gasteiger partial charge is 0.497 e. The minimum Gasteiger partial charge on any atom is -0.497 e. The first-order chi connectivity index (χ1) is 14.2. The quantitative estimate of drug-likeness (QED) is 0.641. The van der Waals surface area contributed by atoms with Crippen molar-refractivity contribution in [2.75, 3.05) is 7.11 Å². The summed E-state index contributed by atoms with van der Waals surface area (Å²) in [5.41, 5.74) is 2.05. The average Bonchev–Trinajstić information content (AvgIpc) is 3.51. The molecule has 3 aromatic rings. The van der Waals surface area contributed by atoms with Crippen LogP contribution in [0.2, 0.25) is 0 Å². The highest BCUT2D eigenvalue weighted by atomic mass is 16.5. The minimum atomic E-state index is -0.388. The predicted octanol–water partition coefficient (Wildman–Crippen LogP) is 3.97. The van der Waals surface area contributed by atoms with Crippen LogP contribution in [0.5, 0.6) is 5.75 Å².